The molecule has 128 valence electrons. The van der Waals surface area contributed by atoms with E-state index < -0.39 is 0 Å². The van der Waals surface area contributed by atoms with Crippen LogP contribution in [0.2, 0.25) is 0 Å². The molecule has 0 aromatic heterocycles. The van der Waals surface area contributed by atoms with Crippen molar-refractivity contribution in [1.82, 2.24) is 4.90 Å². The average molecular weight is 332 g/mol. The van der Waals surface area contributed by atoms with Gasteiger partial charge in [0.1, 0.15) is 23.9 Å². The second-order valence-electron chi connectivity index (χ2n) is 5.32. The summed E-state index contributed by atoms with van der Waals surface area (Å²) >= 11 is 0. The summed E-state index contributed by atoms with van der Waals surface area (Å²) in [5.74, 6) is 0.698. The first-order valence-corrected chi connectivity index (χ1v) is 7.57. The van der Waals surface area contributed by atoms with Crippen LogP contribution in [0.15, 0.2) is 48.5 Å². The first-order chi connectivity index (χ1) is 11.6. The lowest BCUT2D eigenvalue weighted by Gasteiger charge is -2.17. The lowest BCUT2D eigenvalue weighted by atomic mass is 10.3. The van der Waals surface area contributed by atoms with E-state index >= 15 is 0 Å². The summed E-state index contributed by atoms with van der Waals surface area (Å²) in [6, 6.07) is 13.2. The highest BCUT2D eigenvalue weighted by Gasteiger charge is 2.08. The van der Waals surface area contributed by atoms with Crippen molar-refractivity contribution in [2.75, 3.05) is 39.2 Å². The Hall–Kier alpha value is -2.60. The number of benzene rings is 2. The first-order valence-electron chi connectivity index (χ1n) is 7.57. The summed E-state index contributed by atoms with van der Waals surface area (Å²) in [6.45, 7) is 1.14. The van der Waals surface area contributed by atoms with Gasteiger partial charge in [-0.05, 0) is 31.3 Å². The lowest BCUT2D eigenvalue weighted by Crippen LogP contribution is -2.33. The monoisotopic (exact) mass is 332 g/mol. The lowest BCUT2D eigenvalue weighted by molar-refractivity contribution is -0.117. The maximum Gasteiger partial charge on any atom is 0.238 e. The molecule has 2 aromatic rings. The molecule has 0 aliphatic rings. The molecular weight excluding hydrogens is 311 g/mol. The number of halogens is 1. The molecule has 0 bridgehead atoms. The predicted octanol–water partition coefficient (Wildman–Crippen LogP) is 2.78. The standard InChI is InChI=1S/C18H21FN2O3/c1-21(9-10-24-17-8-3-5-14(19)11-17)13-18(22)20-15-6-4-7-16(12-15)23-2/h3-8,11-12H,9-10,13H2,1-2H3,(H,20,22). The number of likely N-dealkylation sites (N-methyl/N-ethyl adjacent to an activating group) is 1. The normalized spacial score (nSPS) is 10.5. The van der Waals surface area contributed by atoms with Crippen LogP contribution in [0.25, 0.3) is 0 Å². The van der Waals surface area contributed by atoms with E-state index in [2.05, 4.69) is 5.32 Å². The Kier molecular flexibility index (Phi) is 6.57. The van der Waals surface area contributed by atoms with E-state index in [-0.39, 0.29) is 18.3 Å². The van der Waals surface area contributed by atoms with Crippen LogP contribution in [0.3, 0.4) is 0 Å². The Balaban J connectivity index is 1.73. The third-order valence-corrected chi connectivity index (χ3v) is 3.30. The van der Waals surface area contributed by atoms with E-state index in [4.69, 9.17) is 9.47 Å². The summed E-state index contributed by atoms with van der Waals surface area (Å²) in [4.78, 5) is 13.8. The van der Waals surface area contributed by atoms with Gasteiger partial charge in [0.05, 0.1) is 13.7 Å². The Morgan fingerprint density at radius 1 is 1.17 bits per heavy atom. The molecule has 0 aliphatic carbocycles. The third-order valence-electron chi connectivity index (χ3n) is 3.30. The molecule has 2 aromatic carbocycles. The number of methoxy groups -OCH3 is 1. The molecule has 0 saturated carbocycles. The van der Waals surface area contributed by atoms with E-state index in [0.29, 0.717) is 30.3 Å². The topological polar surface area (TPSA) is 50.8 Å². The molecular formula is C18H21FN2O3. The minimum absolute atomic E-state index is 0.128. The molecule has 1 amide bonds. The van der Waals surface area contributed by atoms with Crippen molar-refractivity contribution in [3.63, 3.8) is 0 Å². The van der Waals surface area contributed by atoms with Gasteiger partial charge in [0, 0.05) is 24.4 Å². The number of hydrogen-bond donors (Lipinski definition) is 1. The third kappa shape index (κ3) is 5.89. The van der Waals surface area contributed by atoms with Gasteiger partial charge in [-0.3, -0.25) is 9.69 Å². The molecule has 1 N–H and O–H groups in total. The maximum atomic E-state index is 13.0. The predicted molar refractivity (Wildman–Crippen MR) is 91.0 cm³/mol. The fraction of sp³-hybridized carbons (Fsp3) is 0.278. The largest absolute Gasteiger partial charge is 0.497 e. The first kappa shape index (κ1) is 17.7. The molecule has 0 fully saturated rings. The zero-order chi connectivity index (χ0) is 17.4. The van der Waals surface area contributed by atoms with Crippen LogP contribution in [0.1, 0.15) is 0 Å². The van der Waals surface area contributed by atoms with Crippen LogP contribution in [-0.4, -0.2) is 44.7 Å². The van der Waals surface area contributed by atoms with Gasteiger partial charge in [-0.1, -0.05) is 12.1 Å². The fourth-order valence-corrected chi connectivity index (χ4v) is 2.10. The van der Waals surface area contributed by atoms with Crippen LogP contribution in [0.5, 0.6) is 11.5 Å². The summed E-state index contributed by atoms with van der Waals surface area (Å²) < 4.78 is 23.6. The Labute approximate surface area is 141 Å². The van der Waals surface area contributed by atoms with E-state index in [9.17, 15) is 9.18 Å². The van der Waals surface area contributed by atoms with Crippen molar-refractivity contribution in [3.05, 3.63) is 54.3 Å². The number of rotatable bonds is 8. The summed E-state index contributed by atoms with van der Waals surface area (Å²) in [6.07, 6.45) is 0. The van der Waals surface area contributed by atoms with E-state index in [1.807, 2.05) is 24.1 Å². The second-order valence-corrected chi connectivity index (χ2v) is 5.32. The highest BCUT2D eigenvalue weighted by molar-refractivity contribution is 5.92. The molecule has 2 rings (SSSR count). The van der Waals surface area contributed by atoms with Gasteiger partial charge in [0.2, 0.25) is 5.91 Å². The number of anilines is 1. The zero-order valence-electron chi connectivity index (χ0n) is 13.8. The van der Waals surface area contributed by atoms with Crippen LogP contribution < -0.4 is 14.8 Å². The number of hydrogen-bond acceptors (Lipinski definition) is 4. The number of carbonyl (C=O) groups is 1. The van der Waals surface area contributed by atoms with Crippen molar-refractivity contribution in [1.29, 1.82) is 0 Å². The molecule has 0 unspecified atom stereocenters. The quantitative estimate of drug-likeness (QED) is 0.808. The van der Waals surface area contributed by atoms with Crippen molar-refractivity contribution in [3.8, 4) is 11.5 Å². The molecule has 24 heavy (non-hydrogen) atoms. The maximum absolute atomic E-state index is 13.0. The highest BCUT2D eigenvalue weighted by atomic mass is 19.1. The average Bonchev–Trinajstić information content (AvgIpc) is 2.55. The number of nitrogens with one attached hydrogen (secondary N) is 1. The van der Waals surface area contributed by atoms with E-state index in [1.165, 1.54) is 12.1 Å². The number of carbonyl (C=O) groups excluding carboxylic acids is 1. The minimum atomic E-state index is -0.335. The molecule has 6 heteroatoms. The van der Waals surface area contributed by atoms with Crippen LogP contribution in [0.4, 0.5) is 10.1 Å². The highest BCUT2D eigenvalue weighted by Crippen LogP contribution is 2.16. The van der Waals surface area contributed by atoms with Crippen LogP contribution in [0, 0.1) is 5.82 Å². The van der Waals surface area contributed by atoms with Crippen LogP contribution in [-0.2, 0) is 4.79 Å². The van der Waals surface area contributed by atoms with Gasteiger partial charge in [0.15, 0.2) is 0 Å². The summed E-state index contributed by atoms with van der Waals surface area (Å²) in [5.41, 5.74) is 0.684. The van der Waals surface area contributed by atoms with Gasteiger partial charge in [-0.15, -0.1) is 0 Å². The van der Waals surface area contributed by atoms with Crippen molar-refractivity contribution in [2.24, 2.45) is 0 Å². The molecule has 0 aliphatic heterocycles. The van der Waals surface area contributed by atoms with Gasteiger partial charge in [0.25, 0.3) is 0 Å². The smallest absolute Gasteiger partial charge is 0.238 e. The number of nitrogens with zero attached hydrogens (tertiary/aromatic N) is 1. The van der Waals surface area contributed by atoms with Crippen molar-refractivity contribution < 1.29 is 18.7 Å². The van der Waals surface area contributed by atoms with Crippen molar-refractivity contribution in [2.45, 2.75) is 0 Å². The Morgan fingerprint density at radius 2 is 1.92 bits per heavy atom. The van der Waals surface area contributed by atoms with Crippen molar-refractivity contribution >= 4 is 11.6 Å². The Bertz CT molecular complexity index is 679. The molecule has 5 nitrogen and oxygen atoms in total. The minimum Gasteiger partial charge on any atom is -0.497 e. The number of amides is 1. The van der Waals surface area contributed by atoms with Gasteiger partial charge < -0.3 is 14.8 Å². The molecule has 0 saturated heterocycles. The molecule has 0 spiro atoms. The summed E-state index contributed by atoms with van der Waals surface area (Å²) in [5, 5.41) is 2.81. The Morgan fingerprint density at radius 3 is 2.67 bits per heavy atom. The van der Waals surface area contributed by atoms with Gasteiger partial charge in [-0.2, -0.15) is 0 Å². The van der Waals surface area contributed by atoms with E-state index in [1.54, 1.807) is 31.4 Å². The molecule has 0 atom stereocenters. The number of ether oxygens (including phenoxy) is 2. The SMILES string of the molecule is COc1cccc(NC(=O)CN(C)CCOc2cccc(F)c2)c1. The molecule has 0 heterocycles. The van der Waals surface area contributed by atoms with E-state index in [0.717, 1.165) is 0 Å². The fourth-order valence-electron chi connectivity index (χ4n) is 2.10. The zero-order valence-corrected chi connectivity index (χ0v) is 13.8. The van der Waals surface area contributed by atoms with Gasteiger partial charge >= 0.3 is 0 Å². The second kappa shape index (κ2) is 8.88. The molecule has 0 radical (unpaired) electrons. The van der Waals surface area contributed by atoms with Crippen LogP contribution >= 0.6 is 0 Å². The summed E-state index contributed by atoms with van der Waals surface area (Å²) in [7, 11) is 3.40. The van der Waals surface area contributed by atoms with Gasteiger partial charge in [-0.25, -0.2) is 4.39 Å².